The smallest absolute Gasteiger partial charge is 0.258 e. The molecule has 15 heavy (non-hydrogen) atoms. The van der Waals surface area contributed by atoms with Crippen LogP contribution in [0.3, 0.4) is 0 Å². The second-order valence-electron chi connectivity index (χ2n) is 2.97. The van der Waals surface area contributed by atoms with Gasteiger partial charge >= 0.3 is 0 Å². The summed E-state index contributed by atoms with van der Waals surface area (Å²) in [5.41, 5.74) is 1.18. The van der Waals surface area contributed by atoms with Crippen molar-refractivity contribution in [2.75, 3.05) is 5.75 Å². The molecule has 0 aliphatic carbocycles. The minimum Gasteiger partial charge on any atom is -0.258 e. The molecule has 0 heterocycles. The Morgan fingerprint density at radius 2 is 2.07 bits per heavy atom. The summed E-state index contributed by atoms with van der Waals surface area (Å²) in [5, 5.41) is 20.7. The number of hydrogen-bond donors (Lipinski definition) is 0. The monoisotopic (exact) mass is 222 g/mol. The third-order valence-corrected chi connectivity index (χ3v) is 2.55. The van der Waals surface area contributed by atoms with E-state index in [-0.39, 0.29) is 5.69 Å². The second-order valence-corrected chi connectivity index (χ2v) is 3.85. The van der Waals surface area contributed by atoms with Gasteiger partial charge in [0.15, 0.2) is 0 Å². The van der Waals surface area contributed by atoms with E-state index in [2.05, 4.69) is 0 Å². The van der Waals surface area contributed by atoms with Gasteiger partial charge in [0.1, 0.15) is 5.40 Å². The molecule has 78 valence electrons. The molecule has 0 atom stereocenters. The summed E-state index contributed by atoms with van der Waals surface area (Å²) in [5.74, 6) is 0.799. The van der Waals surface area contributed by atoms with Gasteiger partial charge in [0, 0.05) is 17.9 Å². The second kappa shape index (κ2) is 6.04. The van der Waals surface area contributed by atoms with Crippen LogP contribution >= 0.6 is 11.8 Å². The van der Waals surface area contributed by atoms with Crippen LogP contribution in [0.4, 0.5) is 5.69 Å². The normalized spacial score (nSPS) is 9.53. The van der Waals surface area contributed by atoms with E-state index in [9.17, 15) is 10.1 Å². The summed E-state index contributed by atoms with van der Waals surface area (Å²) in [6.45, 7) is 0. The van der Waals surface area contributed by atoms with E-state index >= 15 is 0 Å². The van der Waals surface area contributed by atoms with E-state index < -0.39 is 4.92 Å². The Balaban J connectivity index is 2.43. The van der Waals surface area contributed by atoms with E-state index in [1.54, 1.807) is 12.1 Å². The predicted molar refractivity (Wildman–Crippen MR) is 59.5 cm³/mol. The largest absolute Gasteiger partial charge is 0.269 e. The molecule has 0 bridgehead atoms. The molecule has 1 rings (SSSR count). The van der Waals surface area contributed by atoms with E-state index in [4.69, 9.17) is 5.26 Å². The lowest BCUT2D eigenvalue weighted by Gasteiger charge is -1.98. The number of non-ortho nitro benzene ring substituents is 1. The maximum absolute atomic E-state index is 10.4. The van der Waals surface area contributed by atoms with Crippen LogP contribution in [0.2, 0.25) is 0 Å². The summed E-state index contributed by atoms with van der Waals surface area (Å²) < 4.78 is 0. The van der Waals surface area contributed by atoms with Gasteiger partial charge in [0.05, 0.1) is 4.92 Å². The molecule has 5 heteroatoms. The first-order chi connectivity index (χ1) is 7.24. The number of benzene rings is 1. The van der Waals surface area contributed by atoms with Gasteiger partial charge in [0.25, 0.3) is 5.69 Å². The van der Waals surface area contributed by atoms with E-state index in [0.29, 0.717) is 0 Å². The Kier molecular flexibility index (Phi) is 4.64. The van der Waals surface area contributed by atoms with Crippen LogP contribution in [0, 0.1) is 20.8 Å². The highest BCUT2D eigenvalue weighted by atomic mass is 32.2. The van der Waals surface area contributed by atoms with Crippen molar-refractivity contribution in [1.29, 1.82) is 5.26 Å². The Bertz CT molecular complexity index is 370. The van der Waals surface area contributed by atoms with E-state index in [1.807, 2.05) is 5.40 Å². The standard InChI is InChI=1S/C10H10N2O2S/c11-8-15-7-1-2-9-3-5-10(6-4-9)12(13)14/h3-6H,1-2,7H2. The Morgan fingerprint density at radius 1 is 1.40 bits per heavy atom. The topological polar surface area (TPSA) is 66.9 Å². The fraction of sp³-hybridized carbons (Fsp3) is 0.300. The van der Waals surface area contributed by atoms with Crippen LogP contribution in [0.15, 0.2) is 24.3 Å². The summed E-state index contributed by atoms with van der Waals surface area (Å²) in [4.78, 5) is 9.97. The molecule has 0 radical (unpaired) electrons. The third kappa shape index (κ3) is 4.00. The maximum Gasteiger partial charge on any atom is 0.269 e. The first-order valence-corrected chi connectivity index (χ1v) is 5.47. The van der Waals surface area contributed by atoms with Crippen LogP contribution in [-0.4, -0.2) is 10.7 Å². The highest BCUT2D eigenvalue weighted by Crippen LogP contribution is 2.13. The fourth-order valence-electron chi connectivity index (χ4n) is 1.18. The average molecular weight is 222 g/mol. The molecule has 4 nitrogen and oxygen atoms in total. The number of hydrogen-bond acceptors (Lipinski definition) is 4. The molecule has 0 spiro atoms. The maximum atomic E-state index is 10.4. The van der Waals surface area contributed by atoms with Gasteiger partial charge < -0.3 is 0 Å². The van der Waals surface area contributed by atoms with Gasteiger partial charge in [-0.15, -0.1) is 0 Å². The minimum absolute atomic E-state index is 0.116. The number of nitro groups is 1. The first kappa shape index (κ1) is 11.5. The van der Waals surface area contributed by atoms with Gasteiger partial charge in [-0.3, -0.25) is 10.1 Å². The minimum atomic E-state index is -0.407. The highest BCUT2D eigenvalue weighted by Gasteiger charge is 2.03. The number of aryl methyl sites for hydroxylation is 1. The molecular formula is C10H10N2O2S. The van der Waals surface area contributed by atoms with Crippen molar-refractivity contribution in [3.05, 3.63) is 39.9 Å². The van der Waals surface area contributed by atoms with Crippen LogP contribution in [0.5, 0.6) is 0 Å². The molecule has 0 amide bonds. The number of nitrogens with zero attached hydrogens (tertiary/aromatic N) is 2. The van der Waals surface area contributed by atoms with Crippen LogP contribution in [0.1, 0.15) is 12.0 Å². The molecule has 0 aliphatic heterocycles. The number of nitro benzene ring substituents is 1. The molecule has 0 N–H and O–H groups in total. The molecule has 0 saturated heterocycles. The molecule has 0 unspecified atom stereocenters. The predicted octanol–water partition coefficient (Wildman–Crippen LogP) is 2.74. The van der Waals surface area contributed by atoms with Gasteiger partial charge in [-0.2, -0.15) is 5.26 Å². The molecule has 0 saturated carbocycles. The Hall–Kier alpha value is -1.54. The first-order valence-electron chi connectivity index (χ1n) is 4.48. The van der Waals surface area contributed by atoms with Crippen molar-refractivity contribution in [2.24, 2.45) is 0 Å². The van der Waals surface area contributed by atoms with E-state index in [0.717, 1.165) is 24.2 Å². The van der Waals surface area contributed by atoms with Crippen molar-refractivity contribution >= 4 is 17.4 Å². The average Bonchev–Trinajstić information content (AvgIpc) is 2.25. The SMILES string of the molecule is N#CSCCCc1ccc([N+](=O)[O-])cc1. The molecule has 0 aliphatic rings. The van der Waals surface area contributed by atoms with E-state index in [1.165, 1.54) is 23.9 Å². The van der Waals surface area contributed by atoms with Crippen molar-refractivity contribution in [3.63, 3.8) is 0 Å². The van der Waals surface area contributed by atoms with Crippen molar-refractivity contribution in [1.82, 2.24) is 0 Å². The zero-order valence-electron chi connectivity index (χ0n) is 8.05. The van der Waals surface area contributed by atoms with Crippen LogP contribution in [-0.2, 0) is 6.42 Å². The summed E-state index contributed by atoms with van der Waals surface area (Å²) in [6.07, 6.45) is 1.77. The zero-order chi connectivity index (χ0) is 11.1. The fourth-order valence-corrected chi connectivity index (χ4v) is 1.56. The summed E-state index contributed by atoms with van der Waals surface area (Å²) in [6, 6.07) is 6.53. The lowest BCUT2D eigenvalue weighted by molar-refractivity contribution is -0.384. The quantitative estimate of drug-likeness (QED) is 0.332. The van der Waals surface area contributed by atoms with Crippen molar-refractivity contribution in [2.45, 2.75) is 12.8 Å². The molecule has 1 aromatic carbocycles. The lowest BCUT2D eigenvalue weighted by atomic mass is 10.1. The van der Waals surface area contributed by atoms with Gasteiger partial charge in [0.2, 0.25) is 0 Å². The van der Waals surface area contributed by atoms with Crippen molar-refractivity contribution < 1.29 is 4.92 Å². The molecule has 1 aromatic rings. The molecular weight excluding hydrogens is 212 g/mol. The van der Waals surface area contributed by atoms with Gasteiger partial charge in [-0.25, -0.2) is 0 Å². The lowest BCUT2D eigenvalue weighted by Crippen LogP contribution is -1.90. The number of nitriles is 1. The van der Waals surface area contributed by atoms with Crippen LogP contribution < -0.4 is 0 Å². The molecule has 0 fully saturated rings. The Morgan fingerprint density at radius 3 is 2.60 bits per heavy atom. The highest BCUT2D eigenvalue weighted by molar-refractivity contribution is 8.03. The third-order valence-electron chi connectivity index (χ3n) is 1.92. The van der Waals surface area contributed by atoms with Gasteiger partial charge in [-0.05, 0) is 30.2 Å². The van der Waals surface area contributed by atoms with Crippen molar-refractivity contribution in [3.8, 4) is 5.40 Å². The van der Waals surface area contributed by atoms with Gasteiger partial charge in [-0.1, -0.05) is 12.1 Å². The molecule has 0 aromatic heterocycles. The van der Waals surface area contributed by atoms with Crippen LogP contribution in [0.25, 0.3) is 0 Å². The summed E-state index contributed by atoms with van der Waals surface area (Å²) in [7, 11) is 0. The number of thioether (sulfide) groups is 1. The Labute approximate surface area is 92.1 Å². The zero-order valence-corrected chi connectivity index (χ0v) is 8.87. The number of thiocyanates is 1. The number of rotatable bonds is 5. The summed E-state index contributed by atoms with van der Waals surface area (Å²) >= 11 is 1.23.